The summed E-state index contributed by atoms with van der Waals surface area (Å²) in [5, 5.41) is 12.1. The van der Waals surface area contributed by atoms with Gasteiger partial charge in [0.05, 0.1) is 18.2 Å². The molecule has 0 radical (unpaired) electrons. The second-order valence-electron chi connectivity index (χ2n) is 6.36. The predicted octanol–water partition coefficient (Wildman–Crippen LogP) is 3.99. The van der Waals surface area contributed by atoms with Crippen LogP contribution in [-0.4, -0.2) is 24.6 Å². The van der Waals surface area contributed by atoms with Crippen molar-refractivity contribution < 1.29 is 8.81 Å². The van der Waals surface area contributed by atoms with Crippen LogP contribution in [0, 0.1) is 12.7 Å². The molecule has 4 aromatic heterocycles. The maximum atomic E-state index is 14.3. The van der Waals surface area contributed by atoms with Crippen LogP contribution in [0.2, 0.25) is 0 Å². The molecule has 0 unspecified atom stereocenters. The van der Waals surface area contributed by atoms with Crippen LogP contribution in [0.3, 0.4) is 0 Å². The van der Waals surface area contributed by atoms with E-state index in [1.165, 1.54) is 6.07 Å². The van der Waals surface area contributed by atoms with Crippen molar-refractivity contribution in [2.45, 2.75) is 13.5 Å². The number of anilines is 1. The van der Waals surface area contributed by atoms with Crippen molar-refractivity contribution in [3.05, 3.63) is 72.4 Å². The molecular formula is C20H15FN6O. The van der Waals surface area contributed by atoms with Crippen molar-refractivity contribution in [1.29, 1.82) is 0 Å². The van der Waals surface area contributed by atoms with Gasteiger partial charge in [0.2, 0.25) is 5.65 Å². The highest BCUT2D eigenvalue weighted by Gasteiger charge is 2.15. The molecule has 1 N–H and O–H groups in total. The molecule has 5 aromatic rings. The third-order valence-electron chi connectivity index (χ3n) is 4.74. The average Bonchev–Trinajstić information content (AvgIpc) is 3.37. The second-order valence-corrected chi connectivity index (χ2v) is 6.36. The largest absolute Gasteiger partial charge is 0.464 e. The number of aryl methyl sites for hydroxylation is 1. The van der Waals surface area contributed by atoms with Gasteiger partial charge in [-0.05, 0) is 37.3 Å². The van der Waals surface area contributed by atoms with Gasteiger partial charge in [-0.25, -0.2) is 9.37 Å². The molecule has 4 heterocycles. The Kier molecular flexibility index (Phi) is 3.75. The van der Waals surface area contributed by atoms with E-state index in [2.05, 4.69) is 25.5 Å². The number of rotatable bonds is 4. The summed E-state index contributed by atoms with van der Waals surface area (Å²) < 4.78 is 21.5. The molecule has 28 heavy (non-hydrogen) atoms. The lowest BCUT2D eigenvalue weighted by atomic mass is 10.1. The number of pyridine rings is 1. The Morgan fingerprint density at radius 2 is 2.11 bits per heavy atom. The van der Waals surface area contributed by atoms with Crippen LogP contribution in [0.4, 0.5) is 10.2 Å². The summed E-state index contributed by atoms with van der Waals surface area (Å²) in [7, 11) is 0. The first-order valence-electron chi connectivity index (χ1n) is 8.71. The van der Waals surface area contributed by atoms with Crippen LogP contribution >= 0.6 is 0 Å². The molecule has 0 spiro atoms. The van der Waals surface area contributed by atoms with Gasteiger partial charge in [-0.2, -0.15) is 0 Å². The Morgan fingerprint density at radius 1 is 1.18 bits per heavy atom. The monoisotopic (exact) mass is 374 g/mol. The van der Waals surface area contributed by atoms with Crippen molar-refractivity contribution >= 4 is 22.4 Å². The first-order valence-corrected chi connectivity index (χ1v) is 8.71. The van der Waals surface area contributed by atoms with E-state index >= 15 is 0 Å². The van der Waals surface area contributed by atoms with E-state index in [0.717, 1.165) is 22.3 Å². The lowest BCUT2D eigenvalue weighted by molar-refractivity contribution is 0.603. The molecule has 0 saturated carbocycles. The first kappa shape index (κ1) is 16.4. The number of nitrogens with zero attached hydrogens (tertiary/aromatic N) is 5. The zero-order chi connectivity index (χ0) is 19.1. The third-order valence-corrected chi connectivity index (χ3v) is 4.74. The smallest absolute Gasteiger partial charge is 0.203 e. The number of hydrogen-bond donors (Lipinski definition) is 1. The van der Waals surface area contributed by atoms with Crippen molar-refractivity contribution in [1.82, 2.24) is 24.6 Å². The van der Waals surface area contributed by atoms with E-state index in [9.17, 15) is 4.39 Å². The zero-order valence-electron chi connectivity index (χ0n) is 14.9. The Morgan fingerprint density at radius 3 is 3.00 bits per heavy atom. The second kappa shape index (κ2) is 6.41. The molecule has 0 fully saturated rings. The molecule has 138 valence electrons. The highest BCUT2D eigenvalue weighted by molar-refractivity contribution is 5.81. The minimum Gasteiger partial charge on any atom is -0.464 e. The number of fused-ring (bicyclic) bond motifs is 2. The summed E-state index contributed by atoms with van der Waals surface area (Å²) in [6, 6.07) is 8.62. The molecule has 0 bridgehead atoms. The fourth-order valence-electron chi connectivity index (χ4n) is 3.33. The maximum Gasteiger partial charge on any atom is 0.203 e. The van der Waals surface area contributed by atoms with Gasteiger partial charge >= 0.3 is 0 Å². The van der Waals surface area contributed by atoms with Gasteiger partial charge in [0.1, 0.15) is 17.7 Å². The molecular weight excluding hydrogens is 359 g/mol. The fourth-order valence-corrected chi connectivity index (χ4v) is 3.33. The van der Waals surface area contributed by atoms with E-state index in [4.69, 9.17) is 4.42 Å². The Labute approximate surface area is 158 Å². The summed E-state index contributed by atoms with van der Waals surface area (Å²) in [5.41, 5.74) is 4.37. The summed E-state index contributed by atoms with van der Waals surface area (Å²) in [6.45, 7) is 2.18. The van der Waals surface area contributed by atoms with E-state index in [1.54, 1.807) is 37.1 Å². The Bertz CT molecular complexity index is 1310. The number of aromatic nitrogens is 5. The SMILES string of the molecule is Cc1ncccc1-c1cnc(NCc2c(F)ccc3occc23)c2nncn12. The Hall–Kier alpha value is -3.81. The molecule has 0 aliphatic carbocycles. The fraction of sp³-hybridized carbons (Fsp3) is 0.100. The van der Waals surface area contributed by atoms with Gasteiger partial charge in [-0.15, -0.1) is 10.2 Å². The van der Waals surface area contributed by atoms with Crippen LogP contribution in [0.1, 0.15) is 11.3 Å². The summed E-state index contributed by atoms with van der Waals surface area (Å²) >= 11 is 0. The van der Waals surface area contributed by atoms with Gasteiger partial charge in [0.25, 0.3) is 0 Å². The molecule has 1 aromatic carbocycles. The molecule has 8 heteroatoms. The first-order chi connectivity index (χ1) is 13.7. The molecule has 0 amide bonds. The van der Waals surface area contributed by atoms with Crippen LogP contribution < -0.4 is 5.32 Å². The minimum absolute atomic E-state index is 0.240. The molecule has 0 saturated heterocycles. The number of furan rings is 1. The minimum atomic E-state index is -0.304. The van der Waals surface area contributed by atoms with Crippen molar-refractivity contribution in [2.75, 3.05) is 5.32 Å². The van der Waals surface area contributed by atoms with Gasteiger partial charge in [-0.3, -0.25) is 9.38 Å². The van der Waals surface area contributed by atoms with Crippen molar-refractivity contribution in [3.63, 3.8) is 0 Å². The van der Waals surface area contributed by atoms with Crippen LogP contribution in [-0.2, 0) is 6.54 Å². The molecule has 7 nitrogen and oxygen atoms in total. The number of benzene rings is 1. The topological polar surface area (TPSA) is 81.1 Å². The number of hydrogen-bond acceptors (Lipinski definition) is 6. The van der Waals surface area contributed by atoms with Crippen LogP contribution in [0.5, 0.6) is 0 Å². The highest BCUT2D eigenvalue weighted by atomic mass is 19.1. The summed E-state index contributed by atoms with van der Waals surface area (Å²) in [6.07, 6.45) is 6.66. The van der Waals surface area contributed by atoms with E-state index < -0.39 is 0 Å². The van der Waals surface area contributed by atoms with Crippen LogP contribution in [0.25, 0.3) is 27.9 Å². The molecule has 5 rings (SSSR count). The lowest BCUT2D eigenvalue weighted by Crippen LogP contribution is -2.07. The molecule has 0 aliphatic heterocycles. The quantitative estimate of drug-likeness (QED) is 0.512. The highest BCUT2D eigenvalue weighted by Crippen LogP contribution is 2.26. The van der Waals surface area contributed by atoms with Crippen molar-refractivity contribution in [3.8, 4) is 11.3 Å². The van der Waals surface area contributed by atoms with E-state index in [0.29, 0.717) is 22.6 Å². The summed E-state index contributed by atoms with van der Waals surface area (Å²) in [5.74, 6) is 0.212. The predicted molar refractivity (Wildman–Crippen MR) is 102 cm³/mol. The number of halogens is 1. The van der Waals surface area contributed by atoms with Crippen LogP contribution in [0.15, 0.2) is 59.7 Å². The molecule has 0 atom stereocenters. The van der Waals surface area contributed by atoms with Gasteiger partial charge in [0, 0.05) is 34.9 Å². The molecule has 0 aliphatic rings. The summed E-state index contributed by atoms with van der Waals surface area (Å²) in [4.78, 5) is 8.83. The normalized spacial score (nSPS) is 11.4. The van der Waals surface area contributed by atoms with E-state index in [-0.39, 0.29) is 12.4 Å². The Balaban J connectivity index is 1.53. The zero-order valence-corrected chi connectivity index (χ0v) is 14.9. The van der Waals surface area contributed by atoms with Gasteiger partial charge in [0.15, 0.2) is 5.82 Å². The lowest BCUT2D eigenvalue weighted by Gasteiger charge is -2.11. The van der Waals surface area contributed by atoms with Gasteiger partial charge < -0.3 is 9.73 Å². The van der Waals surface area contributed by atoms with Gasteiger partial charge in [-0.1, -0.05) is 0 Å². The van der Waals surface area contributed by atoms with E-state index in [1.807, 2.05) is 23.5 Å². The standard InChI is InChI=1S/C20H15FN6O/c1-12-13(3-2-7-22-12)17-10-24-19(20-26-25-11-27(17)20)23-9-15-14-6-8-28-18(14)5-4-16(15)21/h2-8,10-11H,9H2,1H3,(H,23,24). The van der Waals surface area contributed by atoms with Crippen molar-refractivity contribution in [2.24, 2.45) is 0 Å². The average molecular weight is 374 g/mol. The third kappa shape index (κ3) is 2.58. The number of nitrogens with one attached hydrogen (secondary N) is 1. The maximum absolute atomic E-state index is 14.3.